The zero-order valence-corrected chi connectivity index (χ0v) is 17.5. The summed E-state index contributed by atoms with van der Waals surface area (Å²) in [5.41, 5.74) is 1.89. The van der Waals surface area contributed by atoms with E-state index in [0.29, 0.717) is 37.3 Å². The number of carbonyl (C=O) groups excluding carboxylic acids is 1. The Labute approximate surface area is 182 Å². The standard InChI is InChI=1S/C25H26FNO4/c1-4-16-30-22-12-9-20(18-24(22)29-3)14-15-27-25(28)23(31-17-5-2)13-8-19-6-10-21(26)11-7-19/h1-2,6-7,9-12,18,23H,8,13-17H2,3H3,(H,27,28)/t23-/m0/s1. The van der Waals surface area contributed by atoms with Crippen molar-refractivity contribution >= 4 is 5.91 Å². The third kappa shape index (κ3) is 8.04. The van der Waals surface area contributed by atoms with E-state index < -0.39 is 6.10 Å². The highest BCUT2D eigenvalue weighted by atomic mass is 19.1. The van der Waals surface area contributed by atoms with E-state index in [4.69, 9.17) is 27.1 Å². The SMILES string of the molecule is C#CCOc1ccc(CCNC(=O)[C@H](CCc2ccc(F)cc2)OCC#C)cc1OC. The Hall–Kier alpha value is -3.48. The number of carbonyl (C=O) groups is 1. The van der Waals surface area contributed by atoms with E-state index in [9.17, 15) is 9.18 Å². The van der Waals surface area contributed by atoms with Gasteiger partial charge in [-0.3, -0.25) is 4.79 Å². The van der Waals surface area contributed by atoms with Crippen LogP contribution in [0, 0.1) is 30.5 Å². The summed E-state index contributed by atoms with van der Waals surface area (Å²) >= 11 is 0. The fourth-order valence-corrected chi connectivity index (χ4v) is 2.94. The average molecular weight is 423 g/mol. The maximum Gasteiger partial charge on any atom is 0.249 e. The van der Waals surface area contributed by atoms with Gasteiger partial charge in [0.2, 0.25) is 5.91 Å². The Balaban J connectivity index is 1.89. The maximum absolute atomic E-state index is 13.1. The molecule has 0 saturated carbocycles. The first-order chi connectivity index (χ1) is 15.1. The Morgan fingerprint density at radius 1 is 1.03 bits per heavy atom. The Bertz CT molecular complexity index is 928. The van der Waals surface area contributed by atoms with Crippen molar-refractivity contribution in [1.29, 1.82) is 0 Å². The highest BCUT2D eigenvalue weighted by Crippen LogP contribution is 2.28. The van der Waals surface area contributed by atoms with E-state index in [1.54, 1.807) is 25.3 Å². The van der Waals surface area contributed by atoms with Gasteiger partial charge in [0.15, 0.2) is 11.5 Å². The second-order valence-electron chi connectivity index (χ2n) is 6.69. The van der Waals surface area contributed by atoms with Crippen molar-refractivity contribution in [3.63, 3.8) is 0 Å². The van der Waals surface area contributed by atoms with E-state index in [0.717, 1.165) is 11.1 Å². The molecule has 6 heteroatoms. The molecule has 2 rings (SSSR count). The molecular formula is C25H26FNO4. The molecule has 31 heavy (non-hydrogen) atoms. The number of terminal acetylenes is 2. The highest BCUT2D eigenvalue weighted by molar-refractivity contribution is 5.80. The van der Waals surface area contributed by atoms with Crippen LogP contribution in [0.3, 0.4) is 0 Å². The highest BCUT2D eigenvalue weighted by Gasteiger charge is 2.18. The van der Waals surface area contributed by atoms with Gasteiger partial charge in [-0.1, -0.05) is 30.0 Å². The van der Waals surface area contributed by atoms with E-state index in [2.05, 4.69) is 17.2 Å². The number of methoxy groups -OCH3 is 1. The number of rotatable bonds is 12. The van der Waals surface area contributed by atoms with Crippen molar-refractivity contribution in [2.75, 3.05) is 26.9 Å². The third-order valence-corrected chi connectivity index (χ3v) is 4.52. The summed E-state index contributed by atoms with van der Waals surface area (Å²) in [5.74, 6) is 5.40. The number of halogens is 1. The first kappa shape index (κ1) is 23.8. The van der Waals surface area contributed by atoms with Crippen molar-refractivity contribution in [3.8, 4) is 36.2 Å². The Morgan fingerprint density at radius 2 is 1.74 bits per heavy atom. The van der Waals surface area contributed by atoms with Gasteiger partial charge >= 0.3 is 0 Å². The Kier molecular flexibility index (Phi) is 9.94. The third-order valence-electron chi connectivity index (χ3n) is 4.52. The quantitative estimate of drug-likeness (QED) is 0.533. The molecule has 0 aliphatic carbocycles. The van der Waals surface area contributed by atoms with E-state index in [1.807, 2.05) is 12.1 Å². The largest absolute Gasteiger partial charge is 0.493 e. The second kappa shape index (κ2) is 13.0. The minimum Gasteiger partial charge on any atom is -0.493 e. The van der Waals surface area contributed by atoms with E-state index in [-0.39, 0.29) is 24.9 Å². The van der Waals surface area contributed by atoms with Gasteiger partial charge in [0.25, 0.3) is 0 Å². The van der Waals surface area contributed by atoms with E-state index >= 15 is 0 Å². The van der Waals surface area contributed by atoms with Crippen molar-refractivity contribution in [2.45, 2.75) is 25.4 Å². The predicted octanol–water partition coefficient (Wildman–Crippen LogP) is 3.16. The van der Waals surface area contributed by atoms with Gasteiger partial charge in [-0.15, -0.1) is 12.8 Å². The Morgan fingerprint density at radius 3 is 2.42 bits per heavy atom. The van der Waals surface area contributed by atoms with Crippen LogP contribution in [0.5, 0.6) is 11.5 Å². The van der Waals surface area contributed by atoms with Gasteiger partial charge in [-0.05, 0) is 54.7 Å². The molecule has 162 valence electrons. The van der Waals surface area contributed by atoms with E-state index in [1.165, 1.54) is 12.1 Å². The molecule has 0 saturated heterocycles. The zero-order chi connectivity index (χ0) is 22.5. The van der Waals surface area contributed by atoms with Crippen molar-refractivity contribution < 1.29 is 23.4 Å². The maximum atomic E-state index is 13.1. The van der Waals surface area contributed by atoms with Gasteiger partial charge in [-0.25, -0.2) is 4.39 Å². The molecule has 0 aliphatic heterocycles. The minimum absolute atomic E-state index is 0.0395. The molecule has 0 aromatic heterocycles. The van der Waals surface area contributed by atoms with Gasteiger partial charge in [0.05, 0.1) is 7.11 Å². The molecule has 2 aromatic rings. The van der Waals surface area contributed by atoms with Crippen LogP contribution < -0.4 is 14.8 Å². The van der Waals surface area contributed by atoms with Crippen LogP contribution in [-0.2, 0) is 22.4 Å². The van der Waals surface area contributed by atoms with Crippen LogP contribution in [0.15, 0.2) is 42.5 Å². The van der Waals surface area contributed by atoms with Gasteiger partial charge in [0, 0.05) is 6.54 Å². The molecule has 0 fully saturated rings. The first-order valence-electron chi connectivity index (χ1n) is 9.87. The number of benzene rings is 2. The van der Waals surface area contributed by atoms with Crippen LogP contribution in [0.1, 0.15) is 17.5 Å². The molecule has 0 heterocycles. The normalized spacial score (nSPS) is 11.1. The molecule has 0 spiro atoms. The molecule has 0 aliphatic rings. The van der Waals surface area contributed by atoms with Crippen LogP contribution in [-0.4, -0.2) is 38.9 Å². The minimum atomic E-state index is -0.685. The zero-order valence-electron chi connectivity index (χ0n) is 17.5. The lowest BCUT2D eigenvalue weighted by atomic mass is 10.1. The monoisotopic (exact) mass is 423 g/mol. The second-order valence-corrected chi connectivity index (χ2v) is 6.69. The van der Waals surface area contributed by atoms with Gasteiger partial charge < -0.3 is 19.5 Å². The smallest absolute Gasteiger partial charge is 0.249 e. The molecule has 0 unspecified atom stereocenters. The lowest BCUT2D eigenvalue weighted by Gasteiger charge is -2.17. The van der Waals surface area contributed by atoms with Crippen LogP contribution in [0.2, 0.25) is 0 Å². The summed E-state index contributed by atoms with van der Waals surface area (Å²) in [4.78, 5) is 12.6. The molecule has 1 amide bonds. The summed E-state index contributed by atoms with van der Waals surface area (Å²) < 4.78 is 29.3. The number of nitrogens with one attached hydrogen (secondary N) is 1. The van der Waals surface area contributed by atoms with Crippen molar-refractivity contribution in [1.82, 2.24) is 5.32 Å². The van der Waals surface area contributed by atoms with Crippen molar-refractivity contribution in [3.05, 3.63) is 59.4 Å². The topological polar surface area (TPSA) is 56.8 Å². The molecule has 1 N–H and O–H groups in total. The summed E-state index contributed by atoms with van der Waals surface area (Å²) in [5, 5.41) is 2.88. The summed E-state index contributed by atoms with van der Waals surface area (Å²) in [6.45, 7) is 0.611. The molecule has 0 radical (unpaired) electrons. The summed E-state index contributed by atoms with van der Waals surface area (Å²) in [7, 11) is 1.55. The molecule has 5 nitrogen and oxygen atoms in total. The first-order valence-corrected chi connectivity index (χ1v) is 9.87. The number of amides is 1. The van der Waals surface area contributed by atoms with Gasteiger partial charge in [-0.2, -0.15) is 0 Å². The molecule has 0 bridgehead atoms. The van der Waals surface area contributed by atoms with Gasteiger partial charge in [0.1, 0.15) is 25.1 Å². The number of ether oxygens (including phenoxy) is 3. The number of hydrogen-bond donors (Lipinski definition) is 1. The lowest BCUT2D eigenvalue weighted by Crippen LogP contribution is -2.38. The summed E-state index contributed by atoms with van der Waals surface area (Å²) in [6.07, 6.45) is 11.4. The summed E-state index contributed by atoms with van der Waals surface area (Å²) in [6, 6.07) is 11.7. The molecule has 1 atom stereocenters. The number of aryl methyl sites for hydroxylation is 1. The molecule has 2 aromatic carbocycles. The van der Waals surface area contributed by atoms with Crippen LogP contribution in [0.4, 0.5) is 4.39 Å². The molecular weight excluding hydrogens is 397 g/mol. The average Bonchev–Trinajstić information content (AvgIpc) is 2.79. The van der Waals surface area contributed by atoms with Crippen LogP contribution in [0.25, 0.3) is 0 Å². The number of hydrogen-bond acceptors (Lipinski definition) is 4. The lowest BCUT2D eigenvalue weighted by molar-refractivity contribution is -0.132. The fraction of sp³-hybridized carbons (Fsp3) is 0.320. The predicted molar refractivity (Wildman–Crippen MR) is 117 cm³/mol. The fourth-order valence-electron chi connectivity index (χ4n) is 2.94. The van der Waals surface area contributed by atoms with Crippen molar-refractivity contribution in [2.24, 2.45) is 0 Å². The van der Waals surface area contributed by atoms with Crippen LogP contribution >= 0.6 is 0 Å².